The first-order valence-corrected chi connectivity index (χ1v) is 18.8. The second kappa shape index (κ2) is 13.4. The molecule has 2 aliphatic carbocycles. The van der Waals surface area contributed by atoms with Gasteiger partial charge in [-0.25, -0.2) is 9.59 Å². The average Bonchev–Trinajstić information content (AvgIpc) is 3.84. The topological polar surface area (TPSA) is 179 Å². The number of rotatable bonds is 6. The second-order valence-corrected chi connectivity index (χ2v) is 16.9. The normalized spacial score (nSPS) is 22.8. The summed E-state index contributed by atoms with van der Waals surface area (Å²) < 4.78 is 10.8. The van der Waals surface area contributed by atoms with Crippen molar-refractivity contribution in [2.24, 2.45) is 11.8 Å². The van der Waals surface area contributed by atoms with Gasteiger partial charge in [0.1, 0.15) is 35.1 Å². The molecule has 4 aliphatic rings. The highest BCUT2D eigenvalue weighted by molar-refractivity contribution is 7.99. The first kappa shape index (κ1) is 37.1. The largest absolute Gasteiger partial charge is 0.444 e. The highest BCUT2D eigenvalue weighted by Gasteiger charge is 2.51. The van der Waals surface area contributed by atoms with Crippen molar-refractivity contribution in [3.63, 3.8) is 0 Å². The summed E-state index contributed by atoms with van der Waals surface area (Å²) in [5.74, 6) is -7.83. The summed E-state index contributed by atoms with van der Waals surface area (Å²) >= 11 is 2.59. The van der Waals surface area contributed by atoms with E-state index < -0.39 is 87.8 Å². The maximum absolute atomic E-state index is 13.7. The van der Waals surface area contributed by atoms with Crippen molar-refractivity contribution in [2.45, 2.75) is 64.8 Å². The van der Waals surface area contributed by atoms with Crippen LogP contribution < -0.4 is 0 Å². The van der Waals surface area contributed by atoms with Gasteiger partial charge in [0.25, 0.3) is 0 Å². The zero-order valence-corrected chi connectivity index (χ0v) is 30.9. The van der Waals surface area contributed by atoms with Crippen molar-refractivity contribution in [1.82, 2.24) is 9.80 Å². The Morgan fingerprint density at radius 3 is 1.27 bits per heavy atom. The number of nitrogens with zero attached hydrogens (tertiary/aromatic N) is 2. The lowest BCUT2D eigenvalue weighted by Crippen LogP contribution is -2.48. The quantitative estimate of drug-likeness (QED) is 0.294. The van der Waals surface area contributed by atoms with E-state index in [1.54, 1.807) is 41.5 Å². The van der Waals surface area contributed by atoms with Crippen LogP contribution in [0.4, 0.5) is 9.59 Å². The molecule has 2 heterocycles. The van der Waals surface area contributed by atoms with Gasteiger partial charge >= 0.3 is 12.2 Å². The van der Waals surface area contributed by atoms with Crippen LogP contribution in [0.25, 0.3) is 0 Å². The summed E-state index contributed by atoms with van der Waals surface area (Å²) in [6, 6.07) is 5.56. The van der Waals surface area contributed by atoms with Crippen molar-refractivity contribution < 1.29 is 52.6 Å². The first-order chi connectivity index (χ1) is 24.3. The van der Waals surface area contributed by atoms with Gasteiger partial charge in [-0.1, -0.05) is 12.1 Å². The molecule has 2 saturated heterocycles. The van der Waals surface area contributed by atoms with Gasteiger partial charge in [0.05, 0.1) is 11.8 Å². The van der Waals surface area contributed by atoms with Gasteiger partial charge < -0.3 is 9.47 Å². The summed E-state index contributed by atoms with van der Waals surface area (Å²) in [4.78, 5) is 123. The van der Waals surface area contributed by atoms with Crippen LogP contribution in [-0.4, -0.2) is 109 Å². The SMILES string of the molecule is CC(C)(C)OC(=O)N1CSCC1C(=O)C1C(=O)c2ccc(C(=O)c3ccc4c(c3)C(=O)C(C(=O)[C@@H]3CSCN3C(=O)OC(C)(C)C)C4=O)cc2C1=O. The third kappa shape index (κ3) is 6.71. The minimum absolute atomic E-state index is 0.0138. The van der Waals surface area contributed by atoms with E-state index in [0.29, 0.717) is 0 Å². The van der Waals surface area contributed by atoms with E-state index in [0.717, 1.165) is 0 Å². The van der Waals surface area contributed by atoms with Crippen molar-refractivity contribution in [3.8, 4) is 0 Å². The molecule has 2 aromatic carbocycles. The van der Waals surface area contributed by atoms with E-state index in [-0.39, 0.29) is 56.6 Å². The van der Waals surface area contributed by atoms with E-state index in [9.17, 15) is 43.2 Å². The molecule has 4 atom stereocenters. The average molecular weight is 749 g/mol. The number of amides is 2. The van der Waals surface area contributed by atoms with Crippen molar-refractivity contribution >= 4 is 76.2 Å². The summed E-state index contributed by atoms with van der Waals surface area (Å²) in [6.45, 7) is 10.1. The monoisotopic (exact) mass is 748 g/mol. The Balaban J connectivity index is 1.20. The molecule has 2 aliphatic heterocycles. The minimum atomic E-state index is -1.68. The van der Waals surface area contributed by atoms with Gasteiger partial charge in [0.15, 0.2) is 40.5 Å². The third-order valence-electron chi connectivity index (χ3n) is 8.92. The van der Waals surface area contributed by atoms with Crippen LogP contribution in [0.2, 0.25) is 0 Å². The Morgan fingerprint density at radius 1 is 0.577 bits per heavy atom. The molecule has 2 fully saturated rings. The van der Waals surface area contributed by atoms with Gasteiger partial charge in [-0.3, -0.25) is 43.4 Å². The maximum atomic E-state index is 13.7. The summed E-state index contributed by atoms with van der Waals surface area (Å²) in [5, 5.41) is 0. The molecule has 52 heavy (non-hydrogen) atoms. The number of benzene rings is 2. The molecule has 2 aromatic rings. The Labute approximate surface area is 307 Å². The molecule has 0 spiro atoms. The molecule has 0 aromatic heterocycles. The smallest absolute Gasteiger partial charge is 0.411 e. The predicted molar refractivity (Wildman–Crippen MR) is 189 cm³/mol. The third-order valence-corrected chi connectivity index (χ3v) is 10.9. The number of thioether (sulfide) groups is 2. The number of ketones is 7. The fraction of sp³-hybridized carbons (Fsp3) is 0.432. The molecule has 3 unspecified atom stereocenters. The van der Waals surface area contributed by atoms with Crippen LogP contribution in [0.3, 0.4) is 0 Å². The zero-order chi connectivity index (χ0) is 38.0. The van der Waals surface area contributed by atoms with E-state index in [1.807, 2.05) is 0 Å². The highest BCUT2D eigenvalue weighted by Crippen LogP contribution is 2.36. The minimum Gasteiger partial charge on any atom is -0.444 e. The molecule has 272 valence electrons. The number of ether oxygens (including phenoxy) is 2. The van der Waals surface area contributed by atoms with Crippen LogP contribution in [0, 0.1) is 11.8 Å². The molecule has 15 heteroatoms. The Bertz CT molecular complexity index is 1850. The molecule has 13 nitrogen and oxygen atoms in total. The molecule has 6 rings (SSSR count). The van der Waals surface area contributed by atoms with Gasteiger partial charge in [0, 0.05) is 44.9 Å². The van der Waals surface area contributed by atoms with E-state index in [2.05, 4.69) is 0 Å². The number of hydrogen-bond acceptors (Lipinski definition) is 13. The van der Waals surface area contributed by atoms with E-state index >= 15 is 0 Å². The van der Waals surface area contributed by atoms with E-state index in [1.165, 1.54) is 69.7 Å². The van der Waals surface area contributed by atoms with Crippen molar-refractivity contribution in [1.29, 1.82) is 0 Å². The Morgan fingerprint density at radius 2 is 0.923 bits per heavy atom. The fourth-order valence-corrected chi connectivity index (χ4v) is 8.80. The van der Waals surface area contributed by atoms with Gasteiger partial charge in [-0.2, -0.15) is 0 Å². The second-order valence-electron chi connectivity index (χ2n) is 14.9. The van der Waals surface area contributed by atoms with Gasteiger partial charge in [-0.05, 0) is 65.8 Å². The Hall–Kier alpha value is -4.63. The summed E-state index contributed by atoms with van der Waals surface area (Å²) in [7, 11) is 0. The molecule has 0 saturated carbocycles. The van der Waals surface area contributed by atoms with Crippen LogP contribution in [0.5, 0.6) is 0 Å². The number of carbonyl (C=O) groups excluding carboxylic acids is 9. The molecular formula is C37H36N2O11S2. The van der Waals surface area contributed by atoms with Crippen molar-refractivity contribution in [3.05, 3.63) is 69.8 Å². The zero-order valence-electron chi connectivity index (χ0n) is 29.3. The molecule has 0 radical (unpaired) electrons. The van der Waals surface area contributed by atoms with Crippen LogP contribution in [-0.2, 0) is 19.1 Å². The van der Waals surface area contributed by atoms with Crippen LogP contribution in [0.1, 0.15) is 98.9 Å². The lowest BCUT2D eigenvalue weighted by Gasteiger charge is -2.28. The van der Waals surface area contributed by atoms with Gasteiger partial charge in [0.2, 0.25) is 0 Å². The first-order valence-electron chi connectivity index (χ1n) is 16.5. The van der Waals surface area contributed by atoms with Gasteiger partial charge in [-0.15, -0.1) is 23.5 Å². The predicted octanol–water partition coefficient (Wildman–Crippen LogP) is 4.67. The molecular weight excluding hydrogens is 713 g/mol. The molecule has 0 bridgehead atoms. The number of hydrogen-bond donors (Lipinski definition) is 0. The lowest BCUT2D eigenvalue weighted by molar-refractivity contribution is -0.125. The summed E-state index contributed by atoms with van der Waals surface area (Å²) in [6.07, 6.45) is -1.46. The lowest BCUT2D eigenvalue weighted by atomic mass is 9.93. The van der Waals surface area contributed by atoms with Crippen LogP contribution in [0.15, 0.2) is 36.4 Å². The number of fused-ring (bicyclic) bond motifs is 2. The van der Waals surface area contributed by atoms with E-state index in [4.69, 9.17) is 9.47 Å². The number of Topliss-reactive ketones (excluding diaryl/α,β-unsaturated/α-hetero) is 6. The number of carbonyl (C=O) groups is 9. The fourth-order valence-electron chi connectivity index (χ4n) is 6.49. The van der Waals surface area contributed by atoms with Crippen LogP contribution >= 0.6 is 23.5 Å². The summed E-state index contributed by atoms with van der Waals surface area (Å²) in [5.41, 5.74) is -1.98. The molecule has 0 N–H and O–H groups in total. The van der Waals surface area contributed by atoms with Crippen molar-refractivity contribution in [2.75, 3.05) is 23.3 Å². The highest BCUT2D eigenvalue weighted by atomic mass is 32.2. The standard InChI is InChI=1S/C37H36N2O11S2/c1-36(2,3)49-34(47)38-15-51-13-23(38)32(45)25-28(41)19-9-7-17(11-21(19)30(25)43)27(40)18-8-10-20-22(12-18)31(44)26(29(20)42)33(46)24-14-52-16-39(24)35(48)50-37(4,5)6/h7-12,23-26H,13-16H2,1-6H3/t23-,24?,25?,26?/m0/s1. The molecule has 2 amide bonds. The Kier molecular flexibility index (Phi) is 9.58. The maximum Gasteiger partial charge on any atom is 0.411 e.